The number of hydrogen-bond acceptors (Lipinski definition) is 2. The molecule has 0 aromatic rings. The van der Waals surface area contributed by atoms with Gasteiger partial charge in [0.25, 0.3) is 0 Å². The van der Waals surface area contributed by atoms with E-state index in [1.54, 1.807) is 6.92 Å². The van der Waals surface area contributed by atoms with Gasteiger partial charge in [-0.1, -0.05) is 13.8 Å². The van der Waals surface area contributed by atoms with Crippen LogP contribution < -0.4 is 0 Å². The summed E-state index contributed by atoms with van der Waals surface area (Å²) in [6.07, 6.45) is 2.19. The second-order valence-electron chi connectivity index (χ2n) is 3.28. The number of ketones is 1. The molecule has 0 aliphatic carbocycles. The van der Waals surface area contributed by atoms with E-state index in [1.165, 1.54) is 0 Å². The second kappa shape index (κ2) is 5.05. The van der Waals surface area contributed by atoms with Crippen LogP contribution in [0.3, 0.4) is 0 Å². The van der Waals surface area contributed by atoms with Gasteiger partial charge in [-0.05, 0) is 19.3 Å². The van der Waals surface area contributed by atoms with Crippen LogP contribution in [0.25, 0.3) is 0 Å². The Kier molecular flexibility index (Phi) is 4.75. The fourth-order valence-electron chi connectivity index (χ4n) is 0.928. The summed E-state index contributed by atoms with van der Waals surface area (Å²) in [5, 5.41) is 0. The van der Waals surface area contributed by atoms with Crippen molar-refractivity contribution < 1.29 is 9.59 Å². The third kappa shape index (κ3) is 4.71. The monoisotopic (exact) mass is 156 g/mol. The molecule has 2 nitrogen and oxygen atoms in total. The number of rotatable bonds is 5. The Morgan fingerprint density at radius 2 is 2.00 bits per heavy atom. The van der Waals surface area contributed by atoms with Gasteiger partial charge in [0.05, 0.1) is 0 Å². The van der Waals surface area contributed by atoms with E-state index >= 15 is 0 Å². The van der Waals surface area contributed by atoms with E-state index in [2.05, 4.69) is 0 Å². The van der Waals surface area contributed by atoms with Crippen molar-refractivity contribution in [2.45, 2.75) is 33.6 Å². The highest BCUT2D eigenvalue weighted by molar-refractivity contribution is 5.75. The number of Topliss-reactive ketones (excluding diaryl/α,β-unsaturated/α-hetero) is 1. The van der Waals surface area contributed by atoms with Crippen LogP contribution in [0, 0.1) is 11.8 Å². The minimum absolute atomic E-state index is 0.0545. The third-order valence-electron chi connectivity index (χ3n) is 1.86. The molecule has 2 heteroatoms. The molecule has 0 heterocycles. The van der Waals surface area contributed by atoms with Crippen molar-refractivity contribution in [3.63, 3.8) is 0 Å². The quantitative estimate of drug-likeness (QED) is 0.569. The first-order valence-corrected chi connectivity index (χ1v) is 4.02. The Morgan fingerprint density at radius 1 is 1.45 bits per heavy atom. The molecule has 11 heavy (non-hydrogen) atoms. The van der Waals surface area contributed by atoms with Gasteiger partial charge in [-0.15, -0.1) is 0 Å². The SMILES string of the molecule is CC(=O)CC[C@H](C=O)C(C)C. The lowest BCUT2D eigenvalue weighted by molar-refractivity contribution is -0.117. The highest BCUT2D eigenvalue weighted by Gasteiger charge is 2.12. The Hall–Kier alpha value is -0.660. The van der Waals surface area contributed by atoms with Crippen LogP contribution in [0.2, 0.25) is 0 Å². The molecule has 0 radical (unpaired) electrons. The van der Waals surface area contributed by atoms with Crippen molar-refractivity contribution in [1.29, 1.82) is 0 Å². The lowest BCUT2D eigenvalue weighted by atomic mass is 9.92. The fraction of sp³-hybridized carbons (Fsp3) is 0.778. The molecule has 0 spiro atoms. The predicted octanol–water partition coefficient (Wildman–Crippen LogP) is 1.83. The molecule has 0 unspecified atom stereocenters. The molecule has 0 aromatic carbocycles. The van der Waals surface area contributed by atoms with Crippen LogP contribution in [0.15, 0.2) is 0 Å². The maximum Gasteiger partial charge on any atom is 0.129 e. The van der Waals surface area contributed by atoms with Gasteiger partial charge in [0, 0.05) is 12.3 Å². The molecule has 0 rings (SSSR count). The molecule has 0 aliphatic rings. The first kappa shape index (κ1) is 10.3. The van der Waals surface area contributed by atoms with Crippen LogP contribution in [-0.4, -0.2) is 12.1 Å². The van der Waals surface area contributed by atoms with Crippen LogP contribution in [0.4, 0.5) is 0 Å². The van der Waals surface area contributed by atoms with Gasteiger partial charge in [0.1, 0.15) is 12.1 Å². The normalized spacial score (nSPS) is 13.1. The molecule has 0 aromatic heterocycles. The zero-order valence-corrected chi connectivity index (χ0v) is 7.46. The van der Waals surface area contributed by atoms with E-state index in [0.717, 1.165) is 6.29 Å². The summed E-state index contributed by atoms with van der Waals surface area (Å²) in [6.45, 7) is 5.56. The summed E-state index contributed by atoms with van der Waals surface area (Å²) in [4.78, 5) is 21.0. The Morgan fingerprint density at radius 3 is 2.27 bits per heavy atom. The number of carbonyl (C=O) groups is 2. The summed E-state index contributed by atoms with van der Waals surface area (Å²) >= 11 is 0. The zero-order chi connectivity index (χ0) is 8.85. The van der Waals surface area contributed by atoms with Crippen molar-refractivity contribution in [1.82, 2.24) is 0 Å². The van der Waals surface area contributed by atoms with Gasteiger partial charge >= 0.3 is 0 Å². The first-order valence-electron chi connectivity index (χ1n) is 4.02. The zero-order valence-electron chi connectivity index (χ0n) is 7.46. The molecular weight excluding hydrogens is 140 g/mol. The number of hydrogen-bond donors (Lipinski definition) is 0. The van der Waals surface area contributed by atoms with Crippen LogP contribution in [0.5, 0.6) is 0 Å². The van der Waals surface area contributed by atoms with Gasteiger partial charge in [-0.3, -0.25) is 0 Å². The lowest BCUT2D eigenvalue weighted by Gasteiger charge is -2.11. The molecule has 0 aliphatic heterocycles. The highest BCUT2D eigenvalue weighted by atomic mass is 16.1. The maximum atomic E-state index is 10.6. The molecule has 0 amide bonds. The third-order valence-corrected chi connectivity index (χ3v) is 1.86. The van der Waals surface area contributed by atoms with Gasteiger partial charge in [-0.2, -0.15) is 0 Å². The summed E-state index contributed by atoms with van der Waals surface area (Å²) in [5.74, 6) is 0.572. The van der Waals surface area contributed by atoms with Crippen LogP contribution in [-0.2, 0) is 9.59 Å². The molecule has 0 N–H and O–H groups in total. The second-order valence-corrected chi connectivity index (χ2v) is 3.28. The lowest BCUT2D eigenvalue weighted by Crippen LogP contribution is -2.11. The van der Waals surface area contributed by atoms with Gasteiger partial charge < -0.3 is 9.59 Å². The van der Waals surface area contributed by atoms with E-state index in [4.69, 9.17) is 0 Å². The van der Waals surface area contributed by atoms with Crippen molar-refractivity contribution in [2.75, 3.05) is 0 Å². The summed E-state index contributed by atoms with van der Waals surface area (Å²) in [5.41, 5.74) is 0. The van der Waals surface area contributed by atoms with Gasteiger partial charge in [0.2, 0.25) is 0 Å². The van der Waals surface area contributed by atoms with Crippen LogP contribution in [0.1, 0.15) is 33.6 Å². The van der Waals surface area contributed by atoms with E-state index < -0.39 is 0 Å². The largest absolute Gasteiger partial charge is 0.303 e. The highest BCUT2D eigenvalue weighted by Crippen LogP contribution is 2.14. The van der Waals surface area contributed by atoms with Crippen molar-refractivity contribution in [2.24, 2.45) is 11.8 Å². The number of carbonyl (C=O) groups excluding carboxylic acids is 2. The van der Waals surface area contributed by atoms with E-state index in [0.29, 0.717) is 18.8 Å². The van der Waals surface area contributed by atoms with E-state index in [9.17, 15) is 9.59 Å². The Balaban J connectivity index is 3.69. The van der Waals surface area contributed by atoms with Gasteiger partial charge in [0.15, 0.2) is 0 Å². The topological polar surface area (TPSA) is 34.1 Å². The van der Waals surface area contributed by atoms with Crippen molar-refractivity contribution in [3.05, 3.63) is 0 Å². The molecule has 0 saturated carbocycles. The minimum atomic E-state index is 0.0545. The average Bonchev–Trinajstić information content (AvgIpc) is 1.87. The average molecular weight is 156 g/mol. The summed E-state index contributed by atoms with van der Waals surface area (Å²) in [7, 11) is 0. The van der Waals surface area contributed by atoms with Crippen molar-refractivity contribution >= 4 is 12.1 Å². The Bertz CT molecular complexity index is 138. The van der Waals surface area contributed by atoms with Crippen LogP contribution >= 0.6 is 0 Å². The fourth-order valence-corrected chi connectivity index (χ4v) is 0.928. The Labute approximate surface area is 68.0 Å². The minimum Gasteiger partial charge on any atom is -0.303 e. The van der Waals surface area contributed by atoms with E-state index in [-0.39, 0.29) is 11.7 Å². The standard InChI is InChI=1S/C9H16O2/c1-7(2)9(6-10)5-4-8(3)11/h6-7,9H,4-5H2,1-3H3/t9-/m1/s1. The number of aldehydes is 1. The molecular formula is C9H16O2. The molecule has 1 atom stereocenters. The maximum absolute atomic E-state index is 10.6. The first-order chi connectivity index (χ1) is 5.07. The molecule has 0 bridgehead atoms. The summed E-state index contributed by atoms with van der Waals surface area (Å²) in [6, 6.07) is 0. The summed E-state index contributed by atoms with van der Waals surface area (Å²) < 4.78 is 0. The molecule has 64 valence electrons. The van der Waals surface area contributed by atoms with E-state index in [1.807, 2.05) is 13.8 Å². The van der Waals surface area contributed by atoms with Gasteiger partial charge in [-0.25, -0.2) is 0 Å². The van der Waals surface area contributed by atoms with Crippen molar-refractivity contribution in [3.8, 4) is 0 Å². The molecule has 0 saturated heterocycles. The predicted molar refractivity (Wildman–Crippen MR) is 44.3 cm³/mol. The molecule has 0 fully saturated rings. The smallest absolute Gasteiger partial charge is 0.129 e.